The second-order valence-electron chi connectivity index (χ2n) is 5.03. The molecule has 1 N–H and O–H groups in total. The molecule has 3 aromatic rings. The number of carbonyl (C=O) groups excluding carboxylic acids is 1. The number of nitrogens with zero attached hydrogens (tertiary/aromatic N) is 3. The molecule has 3 aromatic heterocycles. The molecule has 6 nitrogen and oxygen atoms in total. The van der Waals surface area contributed by atoms with Crippen LogP contribution in [0.15, 0.2) is 59.9 Å². The largest absolute Gasteiger partial charge is 0.469 e. The standard InChI is InChI=1S/C16H16N4O2/c1-12(9-14-3-2-8-22-14)19-16(21)13-4-5-18-15(10-13)20-7-6-17-11-20/h2-8,10-12H,9H2,1H3,(H,19,21)/t12-/m0/s1. The van der Waals surface area contributed by atoms with E-state index >= 15 is 0 Å². The molecular formula is C16H16N4O2. The number of nitrogens with one attached hydrogen (secondary N) is 1. The lowest BCUT2D eigenvalue weighted by Gasteiger charge is -2.13. The van der Waals surface area contributed by atoms with Crippen LogP contribution in [-0.4, -0.2) is 26.5 Å². The molecule has 1 amide bonds. The van der Waals surface area contributed by atoms with Crippen molar-refractivity contribution in [3.8, 4) is 5.82 Å². The first-order valence-corrected chi connectivity index (χ1v) is 7.00. The third-order valence-corrected chi connectivity index (χ3v) is 3.24. The van der Waals surface area contributed by atoms with E-state index in [1.807, 2.05) is 19.1 Å². The highest BCUT2D eigenvalue weighted by Gasteiger charge is 2.12. The molecule has 22 heavy (non-hydrogen) atoms. The van der Waals surface area contributed by atoms with Gasteiger partial charge < -0.3 is 9.73 Å². The van der Waals surface area contributed by atoms with Crippen LogP contribution in [0.4, 0.5) is 0 Å². The highest BCUT2D eigenvalue weighted by Crippen LogP contribution is 2.08. The van der Waals surface area contributed by atoms with Crippen molar-refractivity contribution in [2.24, 2.45) is 0 Å². The van der Waals surface area contributed by atoms with E-state index in [9.17, 15) is 4.79 Å². The number of aromatic nitrogens is 3. The first-order valence-electron chi connectivity index (χ1n) is 7.00. The van der Waals surface area contributed by atoms with E-state index < -0.39 is 0 Å². The average molecular weight is 296 g/mol. The van der Waals surface area contributed by atoms with Gasteiger partial charge in [0, 0.05) is 36.6 Å². The fourth-order valence-electron chi connectivity index (χ4n) is 2.18. The van der Waals surface area contributed by atoms with Crippen molar-refractivity contribution in [2.45, 2.75) is 19.4 Å². The quantitative estimate of drug-likeness (QED) is 0.783. The molecule has 0 aromatic carbocycles. The predicted octanol–water partition coefficient (Wildman–Crippen LogP) is 2.22. The van der Waals surface area contributed by atoms with E-state index in [2.05, 4.69) is 15.3 Å². The van der Waals surface area contributed by atoms with Crippen LogP contribution in [0.2, 0.25) is 0 Å². The van der Waals surface area contributed by atoms with Crippen LogP contribution in [0.5, 0.6) is 0 Å². The third-order valence-electron chi connectivity index (χ3n) is 3.24. The zero-order valence-corrected chi connectivity index (χ0v) is 12.1. The SMILES string of the molecule is C[C@@H](Cc1ccco1)NC(=O)c1ccnc(-n2ccnc2)c1. The number of hydrogen-bond donors (Lipinski definition) is 1. The molecule has 0 aliphatic heterocycles. The molecular weight excluding hydrogens is 280 g/mol. The maximum Gasteiger partial charge on any atom is 0.251 e. The molecule has 0 aliphatic carbocycles. The molecule has 0 saturated carbocycles. The van der Waals surface area contributed by atoms with Crippen molar-refractivity contribution in [1.82, 2.24) is 19.9 Å². The van der Waals surface area contributed by atoms with Crippen LogP contribution in [0.25, 0.3) is 5.82 Å². The zero-order chi connectivity index (χ0) is 15.4. The maximum atomic E-state index is 12.3. The van der Waals surface area contributed by atoms with Gasteiger partial charge in [0.1, 0.15) is 17.9 Å². The summed E-state index contributed by atoms with van der Waals surface area (Å²) in [5, 5.41) is 2.96. The Bertz CT molecular complexity index is 735. The fraction of sp³-hybridized carbons (Fsp3) is 0.188. The highest BCUT2D eigenvalue weighted by molar-refractivity contribution is 5.94. The molecule has 0 bridgehead atoms. The van der Waals surface area contributed by atoms with E-state index in [1.54, 1.807) is 47.9 Å². The van der Waals surface area contributed by atoms with Crippen molar-refractivity contribution in [3.63, 3.8) is 0 Å². The zero-order valence-electron chi connectivity index (χ0n) is 12.1. The van der Waals surface area contributed by atoms with Gasteiger partial charge >= 0.3 is 0 Å². The van der Waals surface area contributed by atoms with Crippen LogP contribution >= 0.6 is 0 Å². The molecule has 112 valence electrons. The van der Waals surface area contributed by atoms with Crippen LogP contribution in [0, 0.1) is 0 Å². The Hall–Kier alpha value is -2.89. The number of pyridine rings is 1. The summed E-state index contributed by atoms with van der Waals surface area (Å²) in [4.78, 5) is 20.5. The average Bonchev–Trinajstić information content (AvgIpc) is 3.20. The molecule has 1 atom stereocenters. The Labute approximate surface area is 127 Å². The van der Waals surface area contributed by atoms with Crippen LogP contribution in [0.1, 0.15) is 23.0 Å². The predicted molar refractivity (Wildman–Crippen MR) is 80.7 cm³/mol. The van der Waals surface area contributed by atoms with Gasteiger partial charge in [-0.3, -0.25) is 9.36 Å². The van der Waals surface area contributed by atoms with Gasteiger partial charge in [-0.25, -0.2) is 9.97 Å². The topological polar surface area (TPSA) is 73.0 Å². The maximum absolute atomic E-state index is 12.3. The summed E-state index contributed by atoms with van der Waals surface area (Å²) in [5.41, 5.74) is 0.560. The first kappa shape index (κ1) is 14.1. The number of carbonyl (C=O) groups is 1. The lowest BCUT2D eigenvalue weighted by molar-refractivity contribution is 0.0939. The Balaban J connectivity index is 1.68. The number of amides is 1. The summed E-state index contributed by atoms with van der Waals surface area (Å²) in [6, 6.07) is 7.13. The van der Waals surface area contributed by atoms with Gasteiger partial charge in [-0.15, -0.1) is 0 Å². The van der Waals surface area contributed by atoms with Crippen LogP contribution in [0.3, 0.4) is 0 Å². The Morgan fingerprint density at radius 3 is 3.05 bits per heavy atom. The highest BCUT2D eigenvalue weighted by atomic mass is 16.3. The van der Waals surface area contributed by atoms with Gasteiger partial charge in [-0.2, -0.15) is 0 Å². The van der Waals surface area contributed by atoms with Crippen LogP contribution < -0.4 is 5.32 Å². The lowest BCUT2D eigenvalue weighted by Crippen LogP contribution is -2.34. The van der Waals surface area contributed by atoms with Gasteiger partial charge in [0.25, 0.3) is 5.91 Å². The molecule has 0 radical (unpaired) electrons. The minimum Gasteiger partial charge on any atom is -0.469 e. The van der Waals surface area contributed by atoms with E-state index in [1.165, 1.54) is 0 Å². The Morgan fingerprint density at radius 1 is 1.41 bits per heavy atom. The number of rotatable bonds is 5. The van der Waals surface area contributed by atoms with E-state index in [0.717, 1.165) is 5.76 Å². The van der Waals surface area contributed by atoms with Gasteiger partial charge in [0.05, 0.1) is 6.26 Å². The monoisotopic (exact) mass is 296 g/mol. The van der Waals surface area contributed by atoms with Gasteiger partial charge in [0.2, 0.25) is 0 Å². The molecule has 0 saturated heterocycles. The van der Waals surface area contributed by atoms with E-state index in [0.29, 0.717) is 17.8 Å². The van der Waals surface area contributed by atoms with Crippen molar-refractivity contribution in [1.29, 1.82) is 0 Å². The molecule has 3 rings (SSSR count). The summed E-state index contributed by atoms with van der Waals surface area (Å²) in [6.07, 6.45) is 8.98. The second-order valence-corrected chi connectivity index (χ2v) is 5.03. The van der Waals surface area contributed by atoms with Crippen molar-refractivity contribution in [2.75, 3.05) is 0 Å². The van der Waals surface area contributed by atoms with Gasteiger partial charge in [0.15, 0.2) is 0 Å². The number of furan rings is 1. The summed E-state index contributed by atoms with van der Waals surface area (Å²) >= 11 is 0. The minimum absolute atomic E-state index is 0.0245. The Morgan fingerprint density at radius 2 is 2.32 bits per heavy atom. The molecule has 3 heterocycles. The molecule has 0 unspecified atom stereocenters. The lowest BCUT2D eigenvalue weighted by atomic mass is 10.1. The molecule has 0 fully saturated rings. The number of imidazole rings is 1. The van der Waals surface area contributed by atoms with Crippen molar-refractivity contribution in [3.05, 3.63) is 66.8 Å². The molecule has 6 heteroatoms. The normalized spacial score (nSPS) is 12.0. The smallest absolute Gasteiger partial charge is 0.251 e. The minimum atomic E-state index is -0.136. The summed E-state index contributed by atoms with van der Waals surface area (Å²) in [5.74, 6) is 1.37. The number of hydrogen-bond acceptors (Lipinski definition) is 4. The van der Waals surface area contributed by atoms with Gasteiger partial charge in [-0.1, -0.05) is 0 Å². The first-order chi connectivity index (χ1) is 10.7. The van der Waals surface area contributed by atoms with E-state index in [4.69, 9.17) is 4.42 Å². The van der Waals surface area contributed by atoms with Gasteiger partial charge in [-0.05, 0) is 31.2 Å². The third kappa shape index (κ3) is 3.22. The summed E-state index contributed by atoms with van der Waals surface area (Å²) in [7, 11) is 0. The molecule has 0 spiro atoms. The second kappa shape index (κ2) is 6.26. The van der Waals surface area contributed by atoms with Crippen molar-refractivity contribution < 1.29 is 9.21 Å². The fourth-order valence-corrected chi connectivity index (χ4v) is 2.18. The van der Waals surface area contributed by atoms with Crippen molar-refractivity contribution >= 4 is 5.91 Å². The summed E-state index contributed by atoms with van der Waals surface area (Å²) in [6.45, 7) is 1.94. The van der Waals surface area contributed by atoms with E-state index in [-0.39, 0.29) is 11.9 Å². The Kier molecular flexibility index (Phi) is 4.00. The summed E-state index contributed by atoms with van der Waals surface area (Å²) < 4.78 is 7.04. The molecule has 0 aliphatic rings. The van der Waals surface area contributed by atoms with Crippen LogP contribution in [-0.2, 0) is 6.42 Å².